The summed E-state index contributed by atoms with van der Waals surface area (Å²) in [7, 11) is 1.70. The molecule has 1 aromatic heterocycles. The maximum atomic E-state index is 12.4. The normalized spacial score (nSPS) is 12.5. The number of rotatable bonds is 3. The van der Waals surface area contributed by atoms with Gasteiger partial charge in [-0.2, -0.15) is 0 Å². The Kier molecular flexibility index (Phi) is 5.07. The number of phenolic OH excluding ortho intramolecular Hbond substituents is 1. The van der Waals surface area contributed by atoms with Crippen molar-refractivity contribution in [1.29, 1.82) is 0 Å². The monoisotopic (exact) mass is 328 g/mol. The van der Waals surface area contributed by atoms with Crippen molar-refractivity contribution in [2.24, 2.45) is 0 Å². The molecule has 2 aromatic rings. The molecule has 0 bridgehead atoms. The molecule has 0 saturated carbocycles. The van der Waals surface area contributed by atoms with E-state index in [1.807, 2.05) is 33.8 Å². The summed E-state index contributed by atoms with van der Waals surface area (Å²) in [5.41, 5.74) is 1.26. The topological polar surface area (TPSA) is 78.4 Å². The van der Waals surface area contributed by atoms with Gasteiger partial charge in [0.15, 0.2) is 0 Å². The molecule has 2 amide bonds. The van der Waals surface area contributed by atoms with Crippen molar-refractivity contribution < 1.29 is 9.90 Å². The van der Waals surface area contributed by atoms with Crippen molar-refractivity contribution in [2.75, 3.05) is 12.4 Å². The number of hydrogen-bond acceptors (Lipinski definition) is 4. The van der Waals surface area contributed by atoms with Gasteiger partial charge in [-0.3, -0.25) is 0 Å². The molecule has 0 spiro atoms. The molecule has 0 aliphatic carbocycles. The fourth-order valence-corrected chi connectivity index (χ4v) is 2.18. The van der Waals surface area contributed by atoms with E-state index in [0.717, 1.165) is 11.4 Å². The first-order valence-corrected chi connectivity index (χ1v) is 7.84. The van der Waals surface area contributed by atoms with Crippen LogP contribution in [0.1, 0.15) is 45.1 Å². The largest absolute Gasteiger partial charge is 0.508 e. The highest BCUT2D eigenvalue weighted by molar-refractivity contribution is 5.89. The van der Waals surface area contributed by atoms with E-state index < -0.39 is 0 Å². The average Bonchev–Trinajstić information content (AvgIpc) is 2.53. The van der Waals surface area contributed by atoms with Gasteiger partial charge in [-0.1, -0.05) is 32.9 Å². The van der Waals surface area contributed by atoms with Crippen molar-refractivity contribution in [2.45, 2.75) is 39.2 Å². The maximum Gasteiger partial charge on any atom is 0.322 e. The van der Waals surface area contributed by atoms with Crippen LogP contribution in [0.3, 0.4) is 0 Å². The minimum atomic E-state index is -0.266. The lowest BCUT2D eigenvalue weighted by molar-refractivity contribution is 0.208. The van der Waals surface area contributed by atoms with Crippen LogP contribution in [0.15, 0.2) is 36.7 Å². The Hall–Kier alpha value is -2.63. The molecule has 6 heteroatoms. The average molecular weight is 328 g/mol. The van der Waals surface area contributed by atoms with Crippen molar-refractivity contribution in [3.05, 3.63) is 48.0 Å². The molecule has 1 aromatic carbocycles. The zero-order chi connectivity index (χ0) is 17.9. The van der Waals surface area contributed by atoms with Crippen LogP contribution in [0.4, 0.5) is 10.5 Å². The van der Waals surface area contributed by atoms with E-state index >= 15 is 0 Å². The summed E-state index contributed by atoms with van der Waals surface area (Å²) in [5.74, 6) is 0.904. The molecule has 1 atom stereocenters. The predicted octanol–water partition coefficient (Wildman–Crippen LogP) is 3.70. The number of urea groups is 1. The number of carbonyl (C=O) groups is 1. The number of amides is 2. The van der Waals surface area contributed by atoms with Gasteiger partial charge >= 0.3 is 6.03 Å². The molecule has 0 saturated heterocycles. The number of nitrogens with one attached hydrogen (secondary N) is 1. The van der Waals surface area contributed by atoms with Gasteiger partial charge in [-0.15, -0.1) is 0 Å². The third kappa shape index (κ3) is 4.22. The fraction of sp³-hybridized carbons (Fsp3) is 0.389. The lowest BCUT2D eigenvalue weighted by Gasteiger charge is -2.25. The van der Waals surface area contributed by atoms with Gasteiger partial charge in [0.1, 0.15) is 11.6 Å². The van der Waals surface area contributed by atoms with Crippen molar-refractivity contribution in [1.82, 2.24) is 14.9 Å². The van der Waals surface area contributed by atoms with Crippen molar-refractivity contribution in [3.8, 4) is 5.75 Å². The zero-order valence-corrected chi connectivity index (χ0v) is 14.7. The molecule has 128 valence electrons. The van der Waals surface area contributed by atoms with E-state index in [2.05, 4.69) is 15.3 Å². The highest BCUT2D eigenvalue weighted by Crippen LogP contribution is 2.23. The fourth-order valence-electron chi connectivity index (χ4n) is 2.18. The van der Waals surface area contributed by atoms with Gasteiger partial charge in [0.25, 0.3) is 0 Å². The lowest BCUT2D eigenvalue weighted by atomic mass is 9.96. The number of aromatic nitrogens is 2. The van der Waals surface area contributed by atoms with Crippen LogP contribution in [0.2, 0.25) is 0 Å². The number of benzene rings is 1. The second kappa shape index (κ2) is 6.86. The zero-order valence-electron chi connectivity index (χ0n) is 14.7. The predicted molar refractivity (Wildman–Crippen MR) is 94.0 cm³/mol. The summed E-state index contributed by atoms with van der Waals surface area (Å²) in [5, 5.41) is 12.4. The highest BCUT2D eigenvalue weighted by Gasteiger charge is 2.19. The van der Waals surface area contributed by atoms with Crippen LogP contribution in [0, 0.1) is 0 Å². The first-order valence-electron chi connectivity index (χ1n) is 7.84. The van der Waals surface area contributed by atoms with Crippen LogP contribution < -0.4 is 5.32 Å². The minimum Gasteiger partial charge on any atom is -0.508 e. The van der Waals surface area contributed by atoms with E-state index in [-0.39, 0.29) is 23.2 Å². The van der Waals surface area contributed by atoms with Crippen molar-refractivity contribution in [3.63, 3.8) is 0 Å². The second-order valence-electron chi connectivity index (χ2n) is 6.86. The summed E-state index contributed by atoms with van der Waals surface area (Å²) in [6, 6.07) is 6.42. The molecule has 2 N–H and O–H groups in total. The van der Waals surface area contributed by atoms with Gasteiger partial charge in [0.05, 0.1) is 24.1 Å². The Morgan fingerprint density at radius 3 is 2.42 bits per heavy atom. The van der Waals surface area contributed by atoms with Crippen molar-refractivity contribution >= 4 is 11.7 Å². The van der Waals surface area contributed by atoms with Crippen LogP contribution >= 0.6 is 0 Å². The van der Waals surface area contributed by atoms with Crippen LogP contribution in [-0.2, 0) is 5.41 Å². The molecule has 0 fully saturated rings. The van der Waals surface area contributed by atoms with Crippen LogP contribution in [0.5, 0.6) is 5.75 Å². The summed E-state index contributed by atoms with van der Waals surface area (Å²) in [6.45, 7) is 8.00. The SMILES string of the molecule is C[C@@H](c1cccc(O)c1)N(C)C(=O)Nc1cnc(C(C)(C)C)nc1. The number of hydrogen-bond donors (Lipinski definition) is 2. The van der Waals surface area contributed by atoms with E-state index in [1.54, 1.807) is 42.5 Å². The van der Waals surface area contributed by atoms with E-state index in [9.17, 15) is 9.90 Å². The number of nitrogens with zero attached hydrogens (tertiary/aromatic N) is 3. The Balaban J connectivity index is 2.06. The minimum absolute atomic E-state index is 0.136. The molecule has 2 rings (SSSR count). The van der Waals surface area contributed by atoms with Gasteiger partial charge in [-0.25, -0.2) is 14.8 Å². The molecular formula is C18H24N4O2. The van der Waals surface area contributed by atoms with Gasteiger partial charge in [-0.05, 0) is 24.6 Å². The van der Waals surface area contributed by atoms with E-state index in [0.29, 0.717) is 5.69 Å². The smallest absolute Gasteiger partial charge is 0.322 e. The Morgan fingerprint density at radius 2 is 1.88 bits per heavy atom. The number of carbonyl (C=O) groups excluding carboxylic acids is 1. The van der Waals surface area contributed by atoms with E-state index in [4.69, 9.17) is 0 Å². The first-order chi connectivity index (χ1) is 11.2. The molecular weight excluding hydrogens is 304 g/mol. The first kappa shape index (κ1) is 17.7. The number of phenols is 1. The molecule has 24 heavy (non-hydrogen) atoms. The summed E-state index contributed by atoms with van der Waals surface area (Å²) in [6.07, 6.45) is 3.22. The highest BCUT2D eigenvalue weighted by atomic mass is 16.3. The molecule has 0 radical (unpaired) electrons. The Morgan fingerprint density at radius 1 is 1.25 bits per heavy atom. The Labute approximate surface area is 142 Å². The Bertz CT molecular complexity index is 708. The van der Waals surface area contributed by atoms with Crippen LogP contribution in [-0.4, -0.2) is 33.1 Å². The molecule has 1 heterocycles. The quantitative estimate of drug-likeness (QED) is 0.900. The van der Waals surface area contributed by atoms with Gasteiger partial charge < -0.3 is 15.3 Å². The third-order valence-corrected chi connectivity index (χ3v) is 3.83. The number of aromatic hydroxyl groups is 1. The molecule has 0 unspecified atom stereocenters. The maximum absolute atomic E-state index is 12.4. The summed E-state index contributed by atoms with van der Waals surface area (Å²) >= 11 is 0. The van der Waals surface area contributed by atoms with Gasteiger partial charge in [0, 0.05) is 12.5 Å². The second-order valence-corrected chi connectivity index (χ2v) is 6.86. The standard InChI is InChI=1S/C18H24N4O2/c1-12(13-7-6-8-15(23)9-13)22(5)17(24)21-14-10-19-16(20-11-14)18(2,3)4/h6-12,23H,1-5H3,(H,21,24)/t12-/m0/s1. The number of anilines is 1. The molecule has 6 nitrogen and oxygen atoms in total. The third-order valence-electron chi connectivity index (χ3n) is 3.83. The van der Waals surface area contributed by atoms with Gasteiger partial charge in [0.2, 0.25) is 0 Å². The summed E-state index contributed by atoms with van der Waals surface area (Å²) < 4.78 is 0. The van der Waals surface area contributed by atoms with E-state index in [1.165, 1.54) is 0 Å². The molecule has 0 aliphatic rings. The summed E-state index contributed by atoms with van der Waals surface area (Å²) in [4.78, 5) is 22.6. The molecule has 0 aliphatic heterocycles. The lowest BCUT2D eigenvalue weighted by Crippen LogP contribution is -2.33. The van der Waals surface area contributed by atoms with Crippen LogP contribution in [0.25, 0.3) is 0 Å².